The fourth-order valence-corrected chi connectivity index (χ4v) is 2.70. The van der Waals surface area contributed by atoms with E-state index in [0.29, 0.717) is 24.7 Å². The van der Waals surface area contributed by atoms with Crippen LogP contribution >= 0.6 is 0 Å². The Hall–Kier alpha value is -3.62. The number of carbonyl (C=O) groups excluding carboxylic acids is 2. The molecule has 0 aliphatic rings. The normalized spacial score (nSPS) is 10.6. The number of aromatic nitrogens is 3. The Kier molecular flexibility index (Phi) is 6.62. The molecule has 2 N–H and O–H groups in total. The molecule has 0 radical (unpaired) electrons. The summed E-state index contributed by atoms with van der Waals surface area (Å²) < 4.78 is 12.3. The van der Waals surface area contributed by atoms with Crippen LogP contribution < -0.4 is 20.1 Å². The summed E-state index contributed by atoms with van der Waals surface area (Å²) >= 11 is 0. The number of methoxy groups -OCH3 is 1. The number of amides is 2. The van der Waals surface area contributed by atoms with Crippen LogP contribution in [0.3, 0.4) is 0 Å². The smallest absolute Gasteiger partial charge is 0.238 e. The van der Waals surface area contributed by atoms with E-state index in [2.05, 4.69) is 20.8 Å². The molecule has 9 heteroatoms. The molecule has 0 saturated heterocycles. The van der Waals surface area contributed by atoms with Crippen molar-refractivity contribution in [3.63, 3.8) is 0 Å². The monoisotopic (exact) mass is 397 g/mol. The molecule has 152 valence electrons. The Bertz CT molecular complexity index is 984. The molecular formula is C20H23N5O4. The number of fused-ring (bicyclic) bond motifs is 1. The molecule has 1 aromatic carbocycles. The highest BCUT2D eigenvalue weighted by molar-refractivity contribution is 5.92. The molecule has 3 aromatic rings. The van der Waals surface area contributed by atoms with Crippen LogP contribution in [0.4, 0.5) is 5.95 Å². The molecule has 2 heterocycles. The minimum atomic E-state index is -0.329. The molecule has 0 aliphatic carbocycles. The number of hydrogen-bond acceptors (Lipinski definition) is 6. The van der Waals surface area contributed by atoms with E-state index in [-0.39, 0.29) is 30.6 Å². The maximum absolute atomic E-state index is 12.2. The molecule has 0 aliphatic heterocycles. The predicted molar refractivity (Wildman–Crippen MR) is 107 cm³/mol. The lowest BCUT2D eigenvalue weighted by molar-refractivity contribution is -0.124. The topological polar surface area (TPSA) is 107 Å². The highest BCUT2D eigenvalue weighted by atomic mass is 16.5. The number of carbonyl (C=O) groups is 2. The summed E-state index contributed by atoms with van der Waals surface area (Å²) in [6.07, 6.45) is 0.0944. The van der Waals surface area contributed by atoms with Gasteiger partial charge in [0.1, 0.15) is 5.75 Å². The first-order chi connectivity index (χ1) is 14.1. The first-order valence-electron chi connectivity index (χ1n) is 9.27. The van der Waals surface area contributed by atoms with Crippen molar-refractivity contribution in [3.8, 4) is 11.6 Å². The van der Waals surface area contributed by atoms with Crippen LogP contribution in [0.1, 0.15) is 25.3 Å². The van der Waals surface area contributed by atoms with Crippen molar-refractivity contribution in [2.45, 2.75) is 26.3 Å². The van der Waals surface area contributed by atoms with Crippen molar-refractivity contribution in [2.75, 3.05) is 19.0 Å². The molecule has 0 bridgehead atoms. The van der Waals surface area contributed by atoms with Crippen molar-refractivity contribution in [1.82, 2.24) is 19.9 Å². The number of nitrogens with one attached hydrogen (secondary N) is 2. The lowest BCUT2D eigenvalue weighted by Crippen LogP contribution is -2.24. The fraction of sp³-hybridized carbons (Fsp3) is 0.300. The molecule has 0 saturated carbocycles. The highest BCUT2D eigenvalue weighted by Gasteiger charge is 2.14. The van der Waals surface area contributed by atoms with E-state index >= 15 is 0 Å². The summed E-state index contributed by atoms with van der Waals surface area (Å²) in [5.74, 6) is 1.00. The fourth-order valence-electron chi connectivity index (χ4n) is 2.70. The molecule has 0 unspecified atom stereocenters. The van der Waals surface area contributed by atoms with E-state index in [1.807, 2.05) is 31.2 Å². The maximum atomic E-state index is 12.2. The molecule has 9 nitrogen and oxygen atoms in total. The van der Waals surface area contributed by atoms with E-state index < -0.39 is 0 Å². The van der Waals surface area contributed by atoms with Gasteiger partial charge >= 0.3 is 0 Å². The zero-order valence-electron chi connectivity index (χ0n) is 16.3. The Morgan fingerprint density at radius 2 is 1.79 bits per heavy atom. The van der Waals surface area contributed by atoms with Gasteiger partial charge in [-0.1, -0.05) is 18.2 Å². The van der Waals surface area contributed by atoms with E-state index in [1.165, 1.54) is 0 Å². The third-order valence-electron chi connectivity index (χ3n) is 4.16. The minimum Gasteiger partial charge on any atom is -0.497 e. The van der Waals surface area contributed by atoms with E-state index in [4.69, 9.17) is 9.47 Å². The van der Waals surface area contributed by atoms with Gasteiger partial charge in [-0.2, -0.15) is 0 Å². The number of ether oxygens (including phenoxy) is 2. The highest BCUT2D eigenvalue weighted by Crippen LogP contribution is 2.19. The average Bonchev–Trinajstić information content (AvgIpc) is 3.15. The number of anilines is 1. The summed E-state index contributed by atoms with van der Waals surface area (Å²) in [5, 5.41) is 13.5. The zero-order chi connectivity index (χ0) is 20.6. The van der Waals surface area contributed by atoms with Crippen molar-refractivity contribution in [2.24, 2.45) is 0 Å². The summed E-state index contributed by atoms with van der Waals surface area (Å²) in [7, 11) is 1.60. The standard InChI is InChI=1S/C20H23N5O4/c1-3-29-19-6-4-5-16-23-24-20(25(16)19)22-18(27)12-11-17(26)21-13-14-7-9-15(28-2)10-8-14/h4-10H,3,11-13H2,1-2H3,(H,21,26)(H,22,24,27). The number of hydrogen-bond donors (Lipinski definition) is 2. The quantitative estimate of drug-likeness (QED) is 0.573. The van der Waals surface area contributed by atoms with Crippen LogP contribution in [0.5, 0.6) is 11.6 Å². The van der Waals surface area contributed by atoms with Crippen LogP contribution in [0.25, 0.3) is 5.65 Å². The van der Waals surface area contributed by atoms with Gasteiger partial charge in [-0.15, -0.1) is 10.2 Å². The van der Waals surface area contributed by atoms with Gasteiger partial charge in [0.15, 0.2) is 5.65 Å². The Morgan fingerprint density at radius 1 is 1.03 bits per heavy atom. The first kappa shape index (κ1) is 20.1. The second kappa shape index (κ2) is 9.54. The van der Waals surface area contributed by atoms with Gasteiger partial charge < -0.3 is 14.8 Å². The molecule has 3 rings (SSSR count). The molecule has 0 atom stereocenters. The summed E-state index contributed by atoms with van der Waals surface area (Å²) in [5.41, 5.74) is 1.51. The first-order valence-corrected chi connectivity index (χ1v) is 9.27. The van der Waals surface area contributed by atoms with E-state index in [0.717, 1.165) is 11.3 Å². The van der Waals surface area contributed by atoms with Crippen LogP contribution in [-0.4, -0.2) is 40.1 Å². The third-order valence-corrected chi connectivity index (χ3v) is 4.16. The van der Waals surface area contributed by atoms with Gasteiger partial charge in [-0.25, -0.2) is 4.40 Å². The Labute approximate surface area is 168 Å². The van der Waals surface area contributed by atoms with Crippen molar-refractivity contribution in [1.29, 1.82) is 0 Å². The zero-order valence-corrected chi connectivity index (χ0v) is 16.3. The second-order valence-electron chi connectivity index (χ2n) is 6.19. The third kappa shape index (κ3) is 5.22. The molecule has 2 aromatic heterocycles. The minimum absolute atomic E-state index is 0.0279. The van der Waals surface area contributed by atoms with Crippen LogP contribution in [-0.2, 0) is 16.1 Å². The van der Waals surface area contributed by atoms with Crippen molar-refractivity contribution < 1.29 is 19.1 Å². The lowest BCUT2D eigenvalue weighted by Gasteiger charge is -2.09. The van der Waals surface area contributed by atoms with Gasteiger partial charge in [0, 0.05) is 19.4 Å². The Morgan fingerprint density at radius 3 is 2.52 bits per heavy atom. The molecule has 2 amide bonds. The van der Waals surface area contributed by atoms with E-state index in [1.54, 1.807) is 29.7 Å². The predicted octanol–water partition coefficient (Wildman–Crippen LogP) is 2.17. The number of pyridine rings is 1. The summed E-state index contributed by atoms with van der Waals surface area (Å²) in [6.45, 7) is 2.72. The lowest BCUT2D eigenvalue weighted by atomic mass is 10.2. The van der Waals surface area contributed by atoms with Crippen molar-refractivity contribution in [3.05, 3.63) is 48.0 Å². The van der Waals surface area contributed by atoms with Crippen LogP contribution in [0.2, 0.25) is 0 Å². The van der Waals surface area contributed by atoms with Gasteiger partial charge in [-0.05, 0) is 36.8 Å². The SMILES string of the molecule is CCOc1cccc2nnc(NC(=O)CCC(=O)NCc3ccc(OC)cc3)n12. The van der Waals surface area contributed by atoms with Gasteiger partial charge in [-0.3, -0.25) is 14.9 Å². The van der Waals surface area contributed by atoms with Gasteiger partial charge in [0.05, 0.1) is 13.7 Å². The molecule has 29 heavy (non-hydrogen) atoms. The van der Waals surface area contributed by atoms with Gasteiger partial charge in [0.25, 0.3) is 0 Å². The van der Waals surface area contributed by atoms with E-state index in [9.17, 15) is 9.59 Å². The summed E-state index contributed by atoms with van der Waals surface area (Å²) in [4.78, 5) is 24.3. The van der Waals surface area contributed by atoms with Gasteiger partial charge in [0.2, 0.25) is 23.6 Å². The van der Waals surface area contributed by atoms with Crippen LogP contribution in [0, 0.1) is 0 Å². The maximum Gasteiger partial charge on any atom is 0.238 e. The second-order valence-corrected chi connectivity index (χ2v) is 6.19. The molecule has 0 spiro atoms. The number of benzene rings is 1. The number of rotatable bonds is 9. The number of nitrogens with zero attached hydrogens (tertiary/aromatic N) is 3. The summed E-state index contributed by atoms with van der Waals surface area (Å²) in [6, 6.07) is 12.7. The van der Waals surface area contributed by atoms with Crippen LogP contribution in [0.15, 0.2) is 42.5 Å². The largest absolute Gasteiger partial charge is 0.497 e. The van der Waals surface area contributed by atoms with Crippen molar-refractivity contribution >= 4 is 23.4 Å². The molecular weight excluding hydrogens is 374 g/mol. The molecule has 0 fully saturated rings. The average molecular weight is 397 g/mol. The Balaban J connectivity index is 1.50.